The van der Waals surface area contributed by atoms with Crippen LogP contribution in [-0.2, 0) is 0 Å². The summed E-state index contributed by atoms with van der Waals surface area (Å²) < 4.78 is 1.57. The fourth-order valence-electron chi connectivity index (χ4n) is 0.994. The summed E-state index contributed by atoms with van der Waals surface area (Å²) in [7, 11) is 0. The molecule has 0 fully saturated rings. The van der Waals surface area contributed by atoms with Gasteiger partial charge in [-0.1, -0.05) is 5.16 Å². The molecule has 0 aliphatic carbocycles. The fourth-order valence-corrected chi connectivity index (χ4v) is 0.994. The van der Waals surface area contributed by atoms with Crippen molar-refractivity contribution in [2.45, 2.75) is 0 Å². The van der Waals surface area contributed by atoms with Gasteiger partial charge in [0.05, 0.1) is 12.4 Å². The van der Waals surface area contributed by atoms with Crippen LogP contribution in [0, 0.1) is 0 Å². The van der Waals surface area contributed by atoms with E-state index in [4.69, 9.17) is 10.9 Å². The predicted octanol–water partition coefficient (Wildman–Crippen LogP) is -0.781. The van der Waals surface area contributed by atoms with Gasteiger partial charge in [0.25, 0.3) is 5.78 Å². The van der Waals surface area contributed by atoms with Crippen LogP contribution in [-0.4, -0.2) is 30.6 Å². The number of aromatic nitrogens is 4. The highest BCUT2D eigenvalue weighted by Gasteiger charge is 2.06. The zero-order valence-electron chi connectivity index (χ0n) is 6.49. The lowest BCUT2D eigenvalue weighted by Gasteiger charge is -1.95. The summed E-state index contributed by atoms with van der Waals surface area (Å²) in [6.07, 6.45) is 4.57. The Morgan fingerprint density at radius 3 is 3.23 bits per heavy atom. The van der Waals surface area contributed by atoms with Crippen molar-refractivity contribution in [1.82, 2.24) is 19.6 Å². The Balaban J connectivity index is 2.71. The number of amidine groups is 1. The Hall–Kier alpha value is -2.18. The summed E-state index contributed by atoms with van der Waals surface area (Å²) in [5, 5.41) is 18.7. The van der Waals surface area contributed by atoms with Gasteiger partial charge in [-0.25, -0.2) is 4.98 Å². The van der Waals surface area contributed by atoms with E-state index in [9.17, 15) is 0 Å². The van der Waals surface area contributed by atoms with E-state index in [1.807, 2.05) is 0 Å². The molecular formula is C6H6N6O. The lowest BCUT2D eigenvalue weighted by Crippen LogP contribution is -2.15. The second-order valence-corrected chi connectivity index (χ2v) is 2.31. The smallest absolute Gasteiger partial charge is 0.254 e. The third-order valence-electron chi connectivity index (χ3n) is 1.58. The van der Waals surface area contributed by atoms with Gasteiger partial charge in [0, 0.05) is 6.20 Å². The van der Waals surface area contributed by atoms with E-state index in [0.29, 0.717) is 11.5 Å². The molecule has 0 amide bonds. The third kappa shape index (κ3) is 1.06. The quantitative estimate of drug-likeness (QED) is 0.258. The first-order valence-corrected chi connectivity index (χ1v) is 3.45. The average Bonchev–Trinajstić information content (AvgIpc) is 2.60. The monoisotopic (exact) mass is 178 g/mol. The van der Waals surface area contributed by atoms with Crippen LogP contribution in [0.3, 0.4) is 0 Å². The molecule has 13 heavy (non-hydrogen) atoms. The SMILES string of the molecule is N/C(=N/O)c1cnc2nnccn12. The summed E-state index contributed by atoms with van der Waals surface area (Å²) in [4.78, 5) is 3.91. The molecule has 0 saturated carbocycles. The molecule has 0 unspecified atom stereocenters. The highest BCUT2D eigenvalue weighted by molar-refractivity contribution is 5.95. The average molecular weight is 178 g/mol. The van der Waals surface area contributed by atoms with E-state index >= 15 is 0 Å². The fraction of sp³-hybridized carbons (Fsp3) is 0. The van der Waals surface area contributed by atoms with E-state index in [-0.39, 0.29) is 5.84 Å². The number of hydrogen-bond acceptors (Lipinski definition) is 5. The van der Waals surface area contributed by atoms with Crippen molar-refractivity contribution < 1.29 is 5.21 Å². The van der Waals surface area contributed by atoms with Crippen molar-refractivity contribution in [3.05, 3.63) is 24.3 Å². The summed E-state index contributed by atoms with van der Waals surface area (Å²) >= 11 is 0. The first-order valence-electron chi connectivity index (χ1n) is 3.45. The van der Waals surface area contributed by atoms with Crippen LogP contribution in [0.15, 0.2) is 23.7 Å². The molecule has 3 N–H and O–H groups in total. The Kier molecular flexibility index (Phi) is 1.55. The molecular weight excluding hydrogens is 172 g/mol. The highest BCUT2D eigenvalue weighted by atomic mass is 16.4. The maximum Gasteiger partial charge on any atom is 0.254 e. The van der Waals surface area contributed by atoms with Gasteiger partial charge in [-0.05, 0) is 0 Å². The molecule has 0 radical (unpaired) electrons. The lowest BCUT2D eigenvalue weighted by atomic mass is 10.4. The van der Waals surface area contributed by atoms with Crippen molar-refractivity contribution >= 4 is 11.6 Å². The van der Waals surface area contributed by atoms with Gasteiger partial charge in [0.15, 0.2) is 5.84 Å². The van der Waals surface area contributed by atoms with Crippen LogP contribution >= 0.6 is 0 Å². The Bertz CT molecular complexity index is 461. The molecule has 0 aliphatic heterocycles. The number of nitrogens with zero attached hydrogens (tertiary/aromatic N) is 5. The van der Waals surface area contributed by atoms with Gasteiger partial charge in [-0.3, -0.25) is 4.40 Å². The number of fused-ring (bicyclic) bond motifs is 1. The minimum atomic E-state index is -0.0134. The molecule has 66 valence electrons. The highest BCUT2D eigenvalue weighted by Crippen LogP contribution is 2.01. The van der Waals surface area contributed by atoms with E-state index in [0.717, 1.165) is 0 Å². The van der Waals surface area contributed by atoms with E-state index < -0.39 is 0 Å². The maximum atomic E-state index is 8.45. The molecule has 0 saturated heterocycles. The van der Waals surface area contributed by atoms with Gasteiger partial charge in [-0.15, -0.1) is 5.10 Å². The van der Waals surface area contributed by atoms with E-state index in [1.165, 1.54) is 12.4 Å². The summed E-state index contributed by atoms with van der Waals surface area (Å²) in [6.45, 7) is 0. The van der Waals surface area contributed by atoms with E-state index in [1.54, 1.807) is 10.6 Å². The number of oxime groups is 1. The number of rotatable bonds is 1. The van der Waals surface area contributed by atoms with Gasteiger partial charge in [-0.2, -0.15) is 5.10 Å². The number of hydrogen-bond donors (Lipinski definition) is 2. The maximum absolute atomic E-state index is 8.45. The van der Waals surface area contributed by atoms with Crippen LogP contribution in [0.25, 0.3) is 5.78 Å². The Morgan fingerprint density at radius 2 is 2.46 bits per heavy atom. The molecule has 2 rings (SSSR count). The standard InChI is InChI=1S/C6H6N6O/c7-5(11-13)4-3-8-6-10-9-1-2-12(4)6/h1-3,13H,(H2,7,11). The molecule has 2 aromatic rings. The van der Waals surface area contributed by atoms with Crippen molar-refractivity contribution in [2.75, 3.05) is 0 Å². The second-order valence-electron chi connectivity index (χ2n) is 2.31. The molecule has 7 nitrogen and oxygen atoms in total. The molecule has 7 heteroatoms. The Labute approximate surface area is 72.5 Å². The van der Waals surface area contributed by atoms with Crippen LogP contribution in [0.4, 0.5) is 0 Å². The van der Waals surface area contributed by atoms with Crippen molar-refractivity contribution in [3.63, 3.8) is 0 Å². The molecule has 0 aliphatic rings. The van der Waals surface area contributed by atoms with Gasteiger partial charge < -0.3 is 10.9 Å². The zero-order chi connectivity index (χ0) is 9.26. The van der Waals surface area contributed by atoms with Crippen molar-refractivity contribution in [3.8, 4) is 0 Å². The molecule has 2 aromatic heterocycles. The van der Waals surface area contributed by atoms with E-state index in [2.05, 4.69) is 20.3 Å². The zero-order valence-corrected chi connectivity index (χ0v) is 6.49. The van der Waals surface area contributed by atoms with Crippen molar-refractivity contribution in [2.24, 2.45) is 10.9 Å². The summed E-state index contributed by atoms with van der Waals surface area (Å²) in [5.41, 5.74) is 5.87. The van der Waals surface area contributed by atoms with Crippen LogP contribution in [0.2, 0.25) is 0 Å². The summed E-state index contributed by atoms with van der Waals surface area (Å²) in [6, 6.07) is 0. The predicted molar refractivity (Wildman–Crippen MR) is 43.3 cm³/mol. The lowest BCUT2D eigenvalue weighted by molar-refractivity contribution is 0.318. The largest absolute Gasteiger partial charge is 0.409 e. The summed E-state index contributed by atoms with van der Waals surface area (Å²) in [5.74, 6) is 0.393. The van der Waals surface area contributed by atoms with Crippen LogP contribution in [0.5, 0.6) is 0 Å². The minimum Gasteiger partial charge on any atom is -0.409 e. The molecule has 0 aromatic carbocycles. The van der Waals surface area contributed by atoms with Gasteiger partial charge >= 0.3 is 0 Å². The molecule has 0 atom stereocenters. The molecule has 2 heterocycles. The number of imidazole rings is 1. The third-order valence-corrected chi connectivity index (χ3v) is 1.58. The normalized spacial score (nSPS) is 12.2. The molecule has 0 spiro atoms. The number of nitrogens with two attached hydrogens (primary N) is 1. The van der Waals surface area contributed by atoms with Crippen molar-refractivity contribution in [1.29, 1.82) is 0 Å². The molecule has 0 bridgehead atoms. The first kappa shape index (κ1) is 7.47. The van der Waals surface area contributed by atoms with Crippen LogP contribution in [0.1, 0.15) is 5.69 Å². The second kappa shape index (κ2) is 2.70. The first-order chi connectivity index (χ1) is 6.33. The topological polar surface area (TPSA) is 102 Å². The van der Waals surface area contributed by atoms with Gasteiger partial charge in [0.2, 0.25) is 0 Å². The minimum absolute atomic E-state index is 0.0134. The van der Waals surface area contributed by atoms with Crippen LogP contribution < -0.4 is 5.73 Å². The Morgan fingerprint density at radius 1 is 1.62 bits per heavy atom. The van der Waals surface area contributed by atoms with Gasteiger partial charge in [0.1, 0.15) is 5.69 Å².